The summed E-state index contributed by atoms with van der Waals surface area (Å²) >= 11 is 1.94. The molecule has 0 saturated heterocycles. The van der Waals surface area contributed by atoms with Crippen LogP contribution in [0.1, 0.15) is 26.2 Å². The minimum Gasteiger partial charge on any atom is -0.407 e. The van der Waals surface area contributed by atoms with Crippen molar-refractivity contribution in [3.05, 3.63) is 5.89 Å². The molecule has 0 saturated carbocycles. The van der Waals surface area contributed by atoms with E-state index >= 15 is 0 Å². The number of aromatic nitrogens is 2. The van der Waals surface area contributed by atoms with Gasteiger partial charge >= 0.3 is 6.01 Å². The predicted molar refractivity (Wildman–Crippen MR) is 78.6 cm³/mol. The summed E-state index contributed by atoms with van der Waals surface area (Å²) in [7, 11) is 1.68. The van der Waals surface area contributed by atoms with Crippen molar-refractivity contribution >= 4 is 17.8 Å². The number of anilines is 1. The van der Waals surface area contributed by atoms with E-state index in [2.05, 4.69) is 34.7 Å². The zero-order chi connectivity index (χ0) is 13.9. The molecule has 1 atom stereocenters. The molecular weight excluding hydrogens is 264 g/mol. The van der Waals surface area contributed by atoms with Gasteiger partial charge in [0.15, 0.2) is 0 Å². The van der Waals surface area contributed by atoms with Gasteiger partial charge in [0.2, 0.25) is 5.89 Å². The molecule has 0 spiro atoms. The van der Waals surface area contributed by atoms with Gasteiger partial charge in [-0.15, -0.1) is 5.10 Å². The fourth-order valence-electron chi connectivity index (χ4n) is 1.44. The quantitative estimate of drug-likeness (QED) is 0.601. The molecule has 7 heteroatoms. The van der Waals surface area contributed by atoms with Crippen LogP contribution in [0.5, 0.6) is 0 Å². The molecule has 1 unspecified atom stereocenters. The Bertz CT molecular complexity index is 335. The second kappa shape index (κ2) is 10.1. The van der Waals surface area contributed by atoms with Gasteiger partial charge < -0.3 is 19.8 Å². The normalized spacial score (nSPS) is 12.6. The molecule has 0 radical (unpaired) electrons. The van der Waals surface area contributed by atoms with Crippen molar-refractivity contribution in [1.29, 1.82) is 0 Å². The van der Waals surface area contributed by atoms with Crippen molar-refractivity contribution in [3.63, 3.8) is 0 Å². The van der Waals surface area contributed by atoms with Crippen molar-refractivity contribution < 1.29 is 9.15 Å². The molecule has 0 amide bonds. The lowest BCUT2D eigenvalue weighted by molar-refractivity contribution is 0.198. The van der Waals surface area contributed by atoms with E-state index < -0.39 is 0 Å². The molecular formula is C12H24N4O2S. The Morgan fingerprint density at radius 3 is 3.00 bits per heavy atom. The third-order valence-corrected chi connectivity index (χ3v) is 3.43. The Morgan fingerprint density at radius 1 is 1.42 bits per heavy atom. The number of thioether (sulfide) groups is 1. The molecule has 1 aromatic rings. The highest BCUT2D eigenvalue weighted by Gasteiger charge is 2.08. The van der Waals surface area contributed by atoms with E-state index in [9.17, 15) is 0 Å². The first-order valence-electron chi connectivity index (χ1n) is 6.62. The van der Waals surface area contributed by atoms with E-state index in [1.165, 1.54) is 0 Å². The van der Waals surface area contributed by atoms with Gasteiger partial charge in [0.1, 0.15) is 0 Å². The third kappa shape index (κ3) is 7.39. The number of rotatable bonds is 11. The minimum atomic E-state index is 0.341. The summed E-state index contributed by atoms with van der Waals surface area (Å²) in [6.45, 7) is 6.30. The largest absolute Gasteiger partial charge is 0.407 e. The summed E-state index contributed by atoms with van der Waals surface area (Å²) in [5, 5.41) is 14.3. The molecule has 0 bridgehead atoms. The van der Waals surface area contributed by atoms with E-state index in [1.54, 1.807) is 7.11 Å². The van der Waals surface area contributed by atoms with Crippen LogP contribution < -0.4 is 10.6 Å². The maximum absolute atomic E-state index is 5.50. The van der Waals surface area contributed by atoms with Crippen LogP contribution >= 0.6 is 11.8 Å². The molecule has 0 aromatic carbocycles. The molecule has 0 aliphatic rings. The number of hydrogen-bond acceptors (Lipinski definition) is 7. The molecule has 110 valence electrons. The molecule has 0 fully saturated rings. The Balaban J connectivity index is 2.21. The Morgan fingerprint density at radius 2 is 2.26 bits per heavy atom. The lowest BCUT2D eigenvalue weighted by Crippen LogP contribution is -2.18. The van der Waals surface area contributed by atoms with Gasteiger partial charge in [0.25, 0.3) is 0 Å². The summed E-state index contributed by atoms with van der Waals surface area (Å²) in [4.78, 5) is 0. The Kier molecular flexibility index (Phi) is 8.61. The third-order valence-electron chi connectivity index (χ3n) is 2.50. The Labute approximate surface area is 119 Å². The predicted octanol–water partition coefficient (Wildman–Crippen LogP) is 1.75. The molecule has 0 aliphatic heterocycles. The van der Waals surface area contributed by atoms with Gasteiger partial charge in [-0.3, -0.25) is 0 Å². The van der Waals surface area contributed by atoms with Gasteiger partial charge in [-0.1, -0.05) is 12.0 Å². The van der Waals surface area contributed by atoms with Crippen LogP contribution in [0.4, 0.5) is 6.01 Å². The van der Waals surface area contributed by atoms with Crippen molar-refractivity contribution in [2.75, 3.05) is 37.1 Å². The Hall–Kier alpha value is -0.790. The maximum atomic E-state index is 5.50. The van der Waals surface area contributed by atoms with Crippen molar-refractivity contribution in [2.24, 2.45) is 0 Å². The van der Waals surface area contributed by atoms with E-state index in [-0.39, 0.29) is 0 Å². The number of ether oxygens (including phenoxy) is 1. The van der Waals surface area contributed by atoms with E-state index in [0.29, 0.717) is 31.1 Å². The number of methoxy groups -OCH3 is 1. The first-order valence-corrected chi connectivity index (χ1v) is 7.78. The summed E-state index contributed by atoms with van der Waals surface area (Å²) in [5.74, 6) is 2.89. The molecule has 6 nitrogen and oxygen atoms in total. The van der Waals surface area contributed by atoms with E-state index in [4.69, 9.17) is 9.15 Å². The smallest absolute Gasteiger partial charge is 0.315 e. The highest BCUT2D eigenvalue weighted by atomic mass is 32.2. The fraction of sp³-hybridized carbons (Fsp3) is 0.833. The average molecular weight is 288 g/mol. The highest BCUT2D eigenvalue weighted by Crippen LogP contribution is 2.10. The van der Waals surface area contributed by atoms with Gasteiger partial charge in [0, 0.05) is 19.7 Å². The number of nitrogens with zero attached hydrogens (tertiary/aromatic N) is 2. The van der Waals surface area contributed by atoms with Crippen LogP contribution in [-0.4, -0.2) is 48.0 Å². The monoisotopic (exact) mass is 288 g/mol. The van der Waals surface area contributed by atoms with E-state index in [1.807, 2.05) is 11.8 Å². The molecule has 19 heavy (non-hydrogen) atoms. The fourth-order valence-corrected chi connectivity index (χ4v) is 2.25. The van der Waals surface area contributed by atoms with Crippen LogP contribution in [0.25, 0.3) is 0 Å². The number of hydrogen-bond donors (Lipinski definition) is 2. The van der Waals surface area contributed by atoms with Crippen LogP contribution in [0.2, 0.25) is 0 Å². The highest BCUT2D eigenvalue weighted by molar-refractivity contribution is 7.99. The van der Waals surface area contributed by atoms with Crippen molar-refractivity contribution in [2.45, 2.75) is 32.9 Å². The number of nitrogens with one attached hydrogen (secondary N) is 2. The van der Waals surface area contributed by atoms with Crippen LogP contribution in [0.15, 0.2) is 4.42 Å². The van der Waals surface area contributed by atoms with Crippen LogP contribution in [0, 0.1) is 0 Å². The van der Waals surface area contributed by atoms with Crippen molar-refractivity contribution in [3.8, 4) is 0 Å². The van der Waals surface area contributed by atoms with Gasteiger partial charge in [-0.25, -0.2) is 0 Å². The van der Waals surface area contributed by atoms with Gasteiger partial charge in [-0.2, -0.15) is 11.8 Å². The second-order valence-electron chi connectivity index (χ2n) is 4.20. The van der Waals surface area contributed by atoms with Gasteiger partial charge in [-0.05, 0) is 24.9 Å². The lowest BCUT2D eigenvalue weighted by atomic mass is 10.3. The summed E-state index contributed by atoms with van der Waals surface area (Å²) in [5.41, 5.74) is 0. The summed E-state index contributed by atoms with van der Waals surface area (Å²) in [6, 6.07) is 0.839. The molecule has 1 aromatic heterocycles. The van der Waals surface area contributed by atoms with Crippen molar-refractivity contribution in [1.82, 2.24) is 15.5 Å². The lowest BCUT2D eigenvalue weighted by Gasteiger charge is -2.10. The van der Waals surface area contributed by atoms with Gasteiger partial charge in [0.05, 0.1) is 13.2 Å². The molecule has 1 heterocycles. The topological polar surface area (TPSA) is 72.2 Å². The molecule has 1 rings (SSSR count). The SMILES string of the molecule is CCSCCC(C)Nc1nnc(CNCCOC)o1. The molecule has 2 N–H and O–H groups in total. The first-order chi connectivity index (χ1) is 9.26. The zero-order valence-electron chi connectivity index (χ0n) is 11.9. The average Bonchev–Trinajstić information content (AvgIpc) is 2.82. The van der Waals surface area contributed by atoms with Crippen LogP contribution in [0.3, 0.4) is 0 Å². The summed E-state index contributed by atoms with van der Waals surface area (Å²) < 4.78 is 10.4. The second-order valence-corrected chi connectivity index (χ2v) is 5.60. The zero-order valence-corrected chi connectivity index (χ0v) is 12.8. The standard InChI is InChI=1S/C12H24N4O2S/c1-4-19-8-5-10(2)14-12-16-15-11(18-12)9-13-6-7-17-3/h10,13H,4-9H2,1-3H3,(H,14,16). The summed E-state index contributed by atoms with van der Waals surface area (Å²) in [6.07, 6.45) is 1.09. The maximum Gasteiger partial charge on any atom is 0.315 e. The molecule has 0 aliphatic carbocycles. The first kappa shape index (κ1) is 16.3. The minimum absolute atomic E-state index is 0.341. The van der Waals surface area contributed by atoms with E-state index in [0.717, 1.165) is 24.5 Å². The van der Waals surface area contributed by atoms with Crippen LogP contribution in [-0.2, 0) is 11.3 Å².